The van der Waals surface area contributed by atoms with E-state index < -0.39 is 18.5 Å². The predicted molar refractivity (Wildman–Crippen MR) is 92.1 cm³/mol. The Kier molecular flexibility index (Phi) is 6.51. The van der Waals surface area contributed by atoms with Gasteiger partial charge in [0.15, 0.2) is 6.61 Å². The fourth-order valence-corrected chi connectivity index (χ4v) is 2.55. The van der Waals surface area contributed by atoms with Crippen LogP contribution in [0, 0.1) is 0 Å². The molecule has 6 nitrogen and oxygen atoms in total. The van der Waals surface area contributed by atoms with Gasteiger partial charge < -0.3 is 15.4 Å². The molecule has 7 heteroatoms. The molecule has 1 heterocycles. The number of nitrogens with one attached hydrogen (secondary N) is 2. The van der Waals surface area contributed by atoms with Crippen molar-refractivity contribution in [3.8, 4) is 0 Å². The number of rotatable bonds is 7. The number of carbonyl (C=O) groups excluding carboxylic acids is 3. The van der Waals surface area contributed by atoms with Crippen molar-refractivity contribution >= 4 is 34.8 Å². The molecule has 2 N–H and O–H groups in total. The van der Waals surface area contributed by atoms with Gasteiger partial charge in [0.05, 0.1) is 4.88 Å². The van der Waals surface area contributed by atoms with E-state index >= 15 is 0 Å². The topological polar surface area (TPSA) is 84.5 Å². The van der Waals surface area contributed by atoms with E-state index in [0.717, 1.165) is 12.0 Å². The molecule has 1 aromatic carbocycles. The Hall–Kier alpha value is -2.67. The van der Waals surface area contributed by atoms with Gasteiger partial charge in [-0.25, -0.2) is 0 Å². The Morgan fingerprint density at radius 3 is 2.71 bits per heavy atom. The summed E-state index contributed by atoms with van der Waals surface area (Å²) in [6, 6.07) is 10.8. The first-order valence-electron chi connectivity index (χ1n) is 7.44. The third kappa shape index (κ3) is 5.51. The highest BCUT2D eigenvalue weighted by Gasteiger charge is 2.11. The van der Waals surface area contributed by atoms with E-state index in [1.807, 2.05) is 25.1 Å². The van der Waals surface area contributed by atoms with E-state index in [-0.39, 0.29) is 12.5 Å². The number of hydrogen-bond acceptors (Lipinski definition) is 5. The predicted octanol–water partition coefficient (Wildman–Crippen LogP) is 2.22. The molecule has 1 aromatic heterocycles. The zero-order chi connectivity index (χ0) is 17.4. The maximum absolute atomic E-state index is 11.8. The van der Waals surface area contributed by atoms with Gasteiger partial charge in [-0.3, -0.25) is 14.4 Å². The van der Waals surface area contributed by atoms with Crippen molar-refractivity contribution in [2.75, 3.05) is 18.5 Å². The van der Waals surface area contributed by atoms with Gasteiger partial charge in [-0.05, 0) is 35.6 Å². The molecule has 0 unspecified atom stereocenters. The van der Waals surface area contributed by atoms with Crippen LogP contribution >= 0.6 is 11.3 Å². The Labute approximate surface area is 143 Å². The normalized spacial score (nSPS) is 10.0. The Bertz CT molecular complexity index is 713. The van der Waals surface area contributed by atoms with Crippen molar-refractivity contribution in [3.63, 3.8) is 0 Å². The lowest BCUT2D eigenvalue weighted by molar-refractivity contribution is -0.146. The molecule has 0 radical (unpaired) electrons. The van der Waals surface area contributed by atoms with E-state index in [9.17, 15) is 14.4 Å². The summed E-state index contributed by atoms with van der Waals surface area (Å²) in [6.45, 7) is 1.34. The van der Waals surface area contributed by atoms with E-state index in [4.69, 9.17) is 4.74 Å². The Morgan fingerprint density at radius 2 is 2.00 bits per heavy atom. The fourth-order valence-electron chi connectivity index (χ4n) is 1.91. The molecule has 126 valence electrons. The summed E-state index contributed by atoms with van der Waals surface area (Å²) in [7, 11) is 0. The molecule has 0 aliphatic carbocycles. The first-order valence-corrected chi connectivity index (χ1v) is 8.32. The number of carbonyl (C=O) groups is 3. The van der Waals surface area contributed by atoms with Gasteiger partial charge in [-0.1, -0.05) is 25.1 Å². The Morgan fingerprint density at radius 1 is 1.17 bits per heavy atom. The smallest absolute Gasteiger partial charge is 0.325 e. The van der Waals surface area contributed by atoms with Gasteiger partial charge in [0.25, 0.3) is 11.8 Å². The van der Waals surface area contributed by atoms with Crippen LogP contribution in [0.15, 0.2) is 41.8 Å². The van der Waals surface area contributed by atoms with Gasteiger partial charge in [0.1, 0.15) is 6.54 Å². The minimum Gasteiger partial charge on any atom is -0.454 e. The zero-order valence-electron chi connectivity index (χ0n) is 13.2. The summed E-state index contributed by atoms with van der Waals surface area (Å²) in [5.41, 5.74) is 1.75. The number of esters is 1. The molecule has 2 aromatic rings. The van der Waals surface area contributed by atoms with E-state index in [0.29, 0.717) is 10.6 Å². The molecule has 0 saturated carbocycles. The standard InChI is InChI=1S/C17H18N2O4S/c1-2-12-5-3-6-13(9-12)19-15(20)11-23-16(21)10-18-17(22)14-7-4-8-24-14/h3-9H,2,10-11H2,1H3,(H,18,22)(H,19,20). The van der Waals surface area contributed by atoms with Gasteiger partial charge >= 0.3 is 5.97 Å². The van der Waals surface area contributed by atoms with Crippen LogP contribution in [0.4, 0.5) is 5.69 Å². The Balaban J connectivity index is 1.71. The number of hydrogen-bond donors (Lipinski definition) is 2. The maximum atomic E-state index is 11.8. The highest BCUT2D eigenvalue weighted by atomic mass is 32.1. The SMILES string of the molecule is CCc1cccc(NC(=O)COC(=O)CNC(=O)c2cccs2)c1. The molecule has 24 heavy (non-hydrogen) atoms. The molecular weight excluding hydrogens is 328 g/mol. The molecular formula is C17H18N2O4S. The first kappa shape index (κ1) is 17.7. The van der Waals surface area contributed by atoms with Crippen LogP contribution in [0.1, 0.15) is 22.2 Å². The third-order valence-electron chi connectivity index (χ3n) is 3.12. The third-order valence-corrected chi connectivity index (χ3v) is 3.99. The monoisotopic (exact) mass is 346 g/mol. The number of aryl methyl sites for hydroxylation is 1. The second kappa shape index (κ2) is 8.83. The number of anilines is 1. The summed E-state index contributed by atoms with van der Waals surface area (Å²) >= 11 is 1.28. The average molecular weight is 346 g/mol. The van der Waals surface area contributed by atoms with Crippen molar-refractivity contribution < 1.29 is 19.1 Å². The average Bonchev–Trinajstić information content (AvgIpc) is 3.12. The lowest BCUT2D eigenvalue weighted by Gasteiger charge is -2.08. The number of amides is 2. The number of thiophene rings is 1. The minimum absolute atomic E-state index is 0.282. The lowest BCUT2D eigenvalue weighted by atomic mass is 10.1. The molecule has 0 aliphatic heterocycles. The van der Waals surface area contributed by atoms with Crippen LogP contribution in [0.5, 0.6) is 0 Å². The number of benzene rings is 1. The van der Waals surface area contributed by atoms with Crippen molar-refractivity contribution in [1.29, 1.82) is 0 Å². The van der Waals surface area contributed by atoms with Gasteiger partial charge in [-0.15, -0.1) is 11.3 Å². The second-order valence-corrected chi connectivity index (χ2v) is 5.87. The molecule has 2 rings (SSSR count). The fraction of sp³-hybridized carbons (Fsp3) is 0.235. The zero-order valence-corrected chi connectivity index (χ0v) is 14.0. The maximum Gasteiger partial charge on any atom is 0.325 e. The summed E-state index contributed by atoms with van der Waals surface area (Å²) < 4.78 is 4.84. The highest BCUT2D eigenvalue weighted by Crippen LogP contribution is 2.11. The first-order chi connectivity index (χ1) is 11.6. The summed E-state index contributed by atoms with van der Waals surface area (Å²) in [5.74, 6) is -1.44. The molecule has 0 aliphatic rings. The molecule has 0 bridgehead atoms. The molecule has 0 atom stereocenters. The van der Waals surface area contributed by atoms with E-state index in [1.165, 1.54) is 11.3 Å². The summed E-state index contributed by atoms with van der Waals surface area (Å²) in [4.78, 5) is 35.5. The van der Waals surface area contributed by atoms with Crippen LogP contribution in [0.3, 0.4) is 0 Å². The van der Waals surface area contributed by atoms with Crippen molar-refractivity contribution in [3.05, 3.63) is 52.2 Å². The van der Waals surface area contributed by atoms with Crippen LogP contribution < -0.4 is 10.6 Å². The molecule has 0 saturated heterocycles. The van der Waals surface area contributed by atoms with Crippen molar-refractivity contribution in [2.24, 2.45) is 0 Å². The molecule has 2 amide bonds. The van der Waals surface area contributed by atoms with Gasteiger partial charge in [0.2, 0.25) is 0 Å². The molecule has 0 fully saturated rings. The quantitative estimate of drug-likeness (QED) is 0.753. The largest absolute Gasteiger partial charge is 0.454 e. The van der Waals surface area contributed by atoms with E-state index in [1.54, 1.807) is 23.6 Å². The summed E-state index contributed by atoms with van der Waals surface area (Å²) in [6.07, 6.45) is 0.864. The van der Waals surface area contributed by atoms with Crippen LogP contribution in [0.25, 0.3) is 0 Å². The van der Waals surface area contributed by atoms with Gasteiger partial charge in [0, 0.05) is 5.69 Å². The van der Waals surface area contributed by atoms with Crippen molar-refractivity contribution in [1.82, 2.24) is 5.32 Å². The van der Waals surface area contributed by atoms with Crippen LogP contribution in [-0.4, -0.2) is 30.9 Å². The van der Waals surface area contributed by atoms with Crippen LogP contribution in [-0.2, 0) is 20.7 Å². The second-order valence-electron chi connectivity index (χ2n) is 4.92. The minimum atomic E-state index is -0.669. The van der Waals surface area contributed by atoms with E-state index in [2.05, 4.69) is 10.6 Å². The summed E-state index contributed by atoms with van der Waals surface area (Å²) in [5, 5.41) is 6.86. The van der Waals surface area contributed by atoms with Crippen LogP contribution in [0.2, 0.25) is 0 Å². The highest BCUT2D eigenvalue weighted by molar-refractivity contribution is 7.12. The number of ether oxygens (including phenoxy) is 1. The van der Waals surface area contributed by atoms with Crippen molar-refractivity contribution in [2.45, 2.75) is 13.3 Å². The molecule has 0 spiro atoms. The van der Waals surface area contributed by atoms with Gasteiger partial charge in [-0.2, -0.15) is 0 Å². The lowest BCUT2D eigenvalue weighted by Crippen LogP contribution is -2.31.